The number of carbonyl (C=O) groups excluding carboxylic acids is 1. The molecule has 1 aromatic carbocycles. The summed E-state index contributed by atoms with van der Waals surface area (Å²) in [7, 11) is 0. The summed E-state index contributed by atoms with van der Waals surface area (Å²) >= 11 is 0. The van der Waals surface area contributed by atoms with Crippen molar-refractivity contribution in [2.45, 2.75) is 33.7 Å². The quantitative estimate of drug-likeness (QED) is 0.867. The highest BCUT2D eigenvalue weighted by atomic mass is 16.2. The molecule has 0 N–H and O–H groups in total. The van der Waals surface area contributed by atoms with Gasteiger partial charge in [-0.25, -0.2) is 4.68 Å². The highest BCUT2D eigenvalue weighted by molar-refractivity contribution is 5.75. The van der Waals surface area contributed by atoms with Crippen molar-refractivity contribution in [2.75, 3.05) is 26.2 Å². The van der Waals surface area contributed by atoms with Gasteiger partial charge in [0.2, 0.25) is 5.91 Å². The fourth-order valence-corrected chi connectivity index (χ4v) is 3.33. The van der Waals surface area contributed by atoms with E-state index >= 15 is 0 Å². The van der Waals surface area contributed by atoms with Crippen LogP contribution in [0.15, 0.2) is 30.3 Å². The Morgan fingerprint density at radius 3 is 2.38 bits per heavy atom. The molecule has 0 radical (unpaired) electrons. The third-order valence-corrected chi connectivity index (χ3v) is 4.85. The number of aromatic nitrogens is 2. The van der Waals surface area contributed by atoms with Gasteiger partial charge >= 0.3 is 0 Å². The second-order valence-corrected chi connectivity index (χ2v) is 6.41. The number of nitrogens with zero attached hydrogens (tertiary/aromatic N) is 4. The number of amides is 1. The predicted octanol–water partition coefficient (Wildman–Crippen LogP) is 2.54. The first kappa shape index (κ1) is 16.7. The molecular formula is C19H26N4O. The number of piperazine rings is 1. The summed E-state index contributed by atoms with van der Waals surface area (Å²) < 4.78 is 2.03. The maximum absolute atomic E-state index is 11.8. The molecule has 1 aliphatic rings. The molecule has 128 valence electrons. The first-order valence-corrected chi connectivity index (χ1v) is 8.70. The van der Waals surface area contributed by atoms with E-state index in [9.17, 15) is 4.79 Å². The Hall–Kier alpha value is -2.14. The Labute approximate surface area is 143 Å². The van der Waals surface area contributed by atoms with Gasteiger partial charge in [0.25, 0.3) is 0 Å². The molecule has 0 atom stereocenters. The van der Waals surface area contributed by atoms with E-state index in [4.69, 9.17) is 5.10 Å². The number of carbonyl (C=O) groups is 1. The van der Waals surface area contributed by atoms with Gasteiger partial charge in [-0.1, -0.05) is 25.1 Å². The van der Waals surface area contributed by atoms with Crippen LogP contribution in [0.5, 0.6) is 0 Å². The number of para-hydroxylation sites is 1. The van der Waals surface area contributed by atoms with E-state index in [1.54, 1.807) is 0 Å². The average Bonchev–Trinajstić information content (AvgIpc) is 2.90. The minimum atomic E-state index is 0.263. The zero-order valence-corrected chi connectivity index (χ0v) is 14.8. The molecule has 1 amide bonds. The summed E-state index contributed by atoms with van der Waals surface area (Å²) in [6.07, 6.45) is 0.599. The van der Waals surface area contributed by atoms with Crippen molar-refractivity contribution in [3.05, 3.63) is 47.3 Å². The van der Waals surface area contributed by atoms with Crippen molar-refractivity contribution in [1.82, 2.24) is 19.6 Å². The normalized spacial score (nSPS) is 15.7. The summed E-state index contributed by atoms with van der Waals surface area (Å²) in [6, 6.07) is 10.3. The van der Waals surface area contributed by atoms with Crippen molar-refractivity contribution in [3.8, 4) is 5.69 Å². The molecule has 0 spiro atoms. The van der Waals surface area contributed by atoms with Gasteiger partial charge in [0, 0.05) is 50.4 Å². The van der Waals surface area contributed by atoms with Crippen LogP contribution >= 0.6 is 0 Å². The number of benzene rings is 1. The molecule has 0 aliphatic carbocycles. The fourth-order valence-electron chi connectivity index (χ4n) is 3.33. The van der Waals surface area contributed by atoms with E-state index in [0.29, 0.717) is 6.42 Å². The molecule has 1 saturated heterocycles. The molecular weight excluding hydrogens is 300 g/mol. The summed E-state index contributed by atoms with van der Waals surface area (Å²) in [5.41, 5.74) is 4.69. The molecule has 3 rings (SSSR count). The van der Waals surface area contributed by atoms with Gasteiger partial charge in [0.05, 0.1) is 11.4 Å². The monoisotopic (exact) mass is 326 g/mol. The lowest BCUT2D eigenvalue weighted by Gasteiger charge is -2.34. The van der Waals surface area contributed by atoms with Crippen LogP contribution in [-0.2, 0) is 11.3 Å². The van der Waals surface area contributed by atoms with Gasteiger partial charge in [-0.15, -0.1) is 0 Å². The summed E-state index contributed by atoms with van der Waals surface area (Å²) in [4.78, 5) is 16.2. The van der Waals surface area contributed by atoms with Crippen molar-refractivity contribution in [2.24, 2.45) is 0 Å². The van der Waals surface area contributed by atoms with Crippen LogP contribution in [-0.4, -0.2) is 51.7 Å². The van der Waals surface area contributed by atoms with Crippen LogP contribution < -0.4 is 0 Å². The van der Waals surface area contributed by atoms with Crippen LogP contribution in [0, 0.1) is 13.8 Å². The Balaban J connectivity index is 1.71. The Bertz CT molecular complexity index is 700. The number of rotatable bonds is 4. The first-order valence-electron chi connectivity index (χ1n) is 8.70. The summed E-state index contributed by atoms with van der Waals surface area (Å²) in [5.74, 6) is 0.263. The van der Waals surface area contributed by atoms with Crippen molar-refractivity contribution in [3.63, 3.8) is 0 Å². The number of aryl methyl sites for hydroxylation is 1. The van der Waals surface area contributed by atoms with Crippen molar-refractivity contribution >= 4 is 5.91 Å². The second-order valence-electron chi connectivity index (χ2n) is 6.41. The smallest absolute Gasteiger partial charge is 0.222 e. The van der Waals surface area contributed by atoms with Gasteiger partial charge < -0.3 is 4.90 Å². The van der Waals surface area contributed by atoms with Crippen LogP contribution in [0.1, 0.15) is 30.3 Å². The van der Waals surface area contributed by atoms with Gasteiger partial charge in [0.1, 0.15) is 0 Å². The zero-order valence-electron chi connectivity index (χ0n) is 14.8. The lowest BCUT2D eigenvalue weighted by molar-refractivity contribution is -0.132. The summed E-state index contributed by atoms with van der Waals surface area (Å²) in [6.45, 7) is 10.6. The Kier molecular flexibility index (Phi) is 5.00. The van der Waals surface area contributed by atoms with Gasteiger partial charge in [0.15, 0.2) is 0 Å². The zero-order chi connectivity index (χ0) is 17.1. The second kappa shape index (κ2) is 7.18. The maximum Gasteiger partial charge on any atom is 0.222 e. The Morgan fingerprint density at radius 1 is 1.08 bits per heavy atom. The lowest BCUT2D eigenvalue weighted by Crippen LogP contribution is -2.48. The third-order valence-electron chi connectivity index (χ3n) is 4.85. The lowest BCUT2D eigenvalue weighted by atomic mass is 10.1. The van der Waals surface area contributed by atoms with Gasteiger partial charge in [-0.2, -0.15) is 5.10 Å². The molecule has 1 fully saturated rings. The fraction of sp³-hybridized carbons (Fsp3) is 0.474. The van der Waals surface area contributed by atoms with Gasteiger partial charge in [-0.05, 0) is 26.0 Å². The first-order chi connectivity index (χ1) is 11.6. The average molecular weight is 326 g/mol. The number of hydrogen-bond donors (Lipinski definition) is 0. The van der Waals surface area contributed by atoms with E-state index in [1.165, 1.54) is 11.3 Å². The van der Waals surface area contributed by atoms with Crippen LogP contribution in [0.3, 0.4) is 0 Å². The largest absolute Gasteiger partial charge is 0.340 e. The minimum Gasteiger partial charge on any atom is -0.340 e. The molecule has 1 aliphatic heterocycles. The highest BCUT2D eigenvalue weighted by Crippen LogP contribution is 2.20. The summed E-state index contributed by atoms with van der Waals surface area (Å²) in [5, 5.41) is 4.73. The third kappa shape index (κ3) is 3.36. The topological polar surface area (TPSA) is 41.4 Å². The molecule has 2 heterocycles. The van der Waals surface area contributed by atoms with Crippen LogP contribution in [0.25, 0.3) is 5.69 Å². The van der Waals surface area contributed by atoms with Crippen molar-refractivity contribution < 1.29 is 4.79 Å². The standard InChI is InChI=1S/C19H26N4O/c1-4-19(24)22-12-10-21(11-13-22)14-18-15(2)20-23(16(18)3)17-8-6-5-7-9-17/h5-9H,4,10-14H2,1-3H3. The number of hydrogen-bond acceptors (Lipinski definition) is 3. The molecule has 24 heavy (non-hydrogen) atoms. The highest BCUT2D eigenvalue weighted by Gasteiger charge is 2.22. The molecule has 2 aromatic rings. The van der Waals surface area contributed by atoms with E-state index in [-0.39, 0.29) is 5.91 Å². The molecule has 1 aromatic heterocycles. The SMILES string of the molecule is CCC(=O)N1CCN(Cc2c(C)nn(-c3ccccc3)c2C)CC1. The molecule has 0 unspecified atom stereocenters. The van der Waals surface area contributed by atoms with Crippen molar-refractivity contribution in [1.29, 1.82) is 0 Å². The van der Waals surface area contributed by atoms with E-state index in [2.05, 4.69) is 30.9 Å². The minimum absolute atomic E-state index is 0.263. The van der Waals surface area contributed by atoms with Gasteiger partial charge in [-0.3, -0.25) is 9.69 Å². The molecule has 5 heteroatoms. The molecule has 5 nitrogen and oxygen atoms in total. The Morgan fingerprint density at radius 2 is 1.75 bits per heavy atom. The maximum atomic E-state index is 11.8. The predicted molar refractivity (Wildman–Crippen MR) is 95.2 cm³/mol. The van der Waals surface area contributed by atoms with E-state index in [1.807, 2.05) is 34.7 Å². The van der Waals surface area contributed by atoms with Crippen LogP contribution in [0.2, 0.25) is 0 Å². The molecule has 0 saturated carbocycles. The van der Waals surface area contributed by atoms with Crippen LogP contribution in [0.4, 0.5) is 0 Å². The molecule has 0 bridgehead atoms. The van der Waals surface area contributed by atoms with E-state index in [0.717, 1.165) is 44.1 Å². The van der Waals surface area contributed by atoms with E-state index < -0.39 is 0 Å².